The van der Waals surface area contributed by atoms with Gasteiger partial charge in [0.2, 0.25) is 0 Å². The number of fused-ring (bicyclic) bond motifs is 1. The zero-order valence-electron chi connectivity index (χ0n) is 8.78. The molecule has 0 radical (unpaired) electrons. The molecule has 17 heavy (non-hydrogen) atoms. The number of halogens is 2. The van der Waals surface area contributed by atoms with Gasteiger partial charge in [0, 0.05) is 15.6 Å². The molecule has 1 N–H and O–H groups in total. The van der Waals surface area contributed by atoms with Crippen LogP contribution in [0.15, 0.2) is 42.5 Å². The molecule has 0 saturated heterocycles. The van der Waals surface area contributed by atoms with E-state index < -0.39 is 0 Å². The first-order valence-electron chi connectivity index (χ1n) is 5.21. The summed E-state index contributed by atoms with van der Waals surface area (Å²) in [6.07, 6.45) is -0.253. The maximum Gasteiger partial charge on any atom is 0.198 e. The van der Waals surface area contributed by atoms with Crippen LogP contribution in [-0.4, -0.2) is 0 Å². The number of benzene rings is 2. The zero-order valence-corrected chi connectivity index (χ0v) is 10.3. The summed E-state index contributed by atoms with van der Waals surface area (Å²) < 4.78 is 5.77. The second kappa shape index (κ2) is 4.13. The standard InChI is InChI=1S/C13H9Cl2NO/c14-8-5-6-12-11(7-8)16-13(17-12)9-3-1-2-4-10(9)15/h1-7,13,16H/t13-/m1/s1. The van der Waals surface area contributed by atoms with Crippen LogP contribution in [0.2, 0.25) is 10.0 Å². The minimum atomic E-state index is -0.253. The molecule has 2 aromatic carbocycles. The molecule has 0 aromatic heterocycles. The highest BCUT2D eigenvalue weighted by molar-refractivity contribution is 6.31. The molecule has 86 valence electrons. The third kappa shape index (κ3) is 1.94. The lowest BCUT2D eigenvalue weighted by molar-refractivity contribution is 0.260. The third-order valence-electron chi connectivity index (χ3n) is 2.66. The number of rotatable bonds is 1. The summed E-state index contributed by atoms with van der Waals surface area (Å²) in [6, 6.07) is 13.1. The van der Waals surface area contributed by atoms with Crippen molar-refractivity contribution in [2.24, 2.45) is 0 Å². The van der Waals surface area contributed by atoms with E-state index in [0.29, 0.717) is 10.0 Å². The second-order valence-corrected chi connectivity index (χ2v) is 4.65. The van der Waals surface area contributed by atoms with Crippen molar-refractivity contribution in [1.82, 2.24) is 0 Å². The molecule has 1 heterocycles. The maximum atomic E-state index is 6.13. The Morgan fingerprint density at radius 3 is 2.71 bits per heavy atom. The van der Waals surface area contributed by atoms with Gasteiger partial charge in [-0.1, -0.05) is 41.4 Å². The molecule has 0 unspecified atom stereocenters. The molecule has 1 aliphatic rings. The van der Waals surface area contributed by atoms with Crippen LogP contribution in [0.4, 0.5) is 5.69 Å². The fourth-order valence-electron chi connectivity index (χ4n) is 1.84. The predicted octanol–water partition coefficient (Wildman–Crippen LogP) is 4.50. The number of hydrogen-bond acceptors (Lipinski definition) is 2. The second-order valence-electron chi connectivity index (χ2n) is 3.80. The van der Waals surface area contributed by atoms with Crippen molar-refractivity contribution in [2.75, 3.05) is 5.32 Å². The van der Waals surface area contributed by atoms with Gasteiger partial charge in [0.15, 0.2) is 6.23 Å². The fourth-order valence-corrected chi connectivity index (χ4v) is 2.25. The van der Waals surface area contributed by atoms with E-state index in [0.717, 1.165) is 17.0 Å². The molecule has 0 fully saturated rings. The Morgan fingerprint density at radius 2 is 1.88 bits per heavy atom. The van der Waals surface area contributed by atoms with E-state index >= 15 is 0 Å². The van der Waals surface area contributed by atoms with Gasteiger partial charge in [-0.3, -0.25) is 0 Å². The quantitative estimate of drug-likeness (QED) is 0.820. The molecule has 0 spiro atoms. The minimum absolute atomic E-state index is 0.253. The first-order chi connectivity index (χ1) is 8.24. The largest absolute Gasteiger partial charge is 0.464 e. The van der Waals surface area contributed by atoms with Crippen LogP contribution in [0, 0.1) is 0 Å². The highest BCUT2D eigenvalue weighted by Crippen LogP contribution is 2.40. The molecule has 2 aromatic rings. The third-order valence-corrected chi connectivity index (χ3v) is 3.24. The molecule has 0 aliphatic carbocycles. The van der Waals surface area contributed by atoms with Gasteiger partial charge in [-0.2, -0.15) is 0 Å². The fraction of sp³-hybridized carbons (Fsp3) is 0.0769. The Balaban J connectivity index is 1.94. The SMILES string of the molecule is Clc1ccc2c(c1)N[C@@H](c1ccccc1Cl)O2. The Kier molecular flexibility index (Phi) is 2.61. The summed E-state index contributed by atoms with van der Waals surface area (Å²) in [5.74, 6) is 0.791. The number of anilines is 1. The van der Waals surface area contributed by atoms with Gasteiger partial charge >= 0.3 is 0 Å². The lowest BCUT2D eigenvalue weighted by Crippen LogP contribution is -2.10. The summed E-state index contributed by atoms with van der Waals surface area (Å²) in [6.45, 7) is 0. The molecule has 2 nitrogen and oxygen atoms in total. The van der Waals surface area contributed by atoms with Crippen molar-refractivity contribution in [3.05, 3.63) is 58.1 Å². The summed E-state index contributed by atoms with van der Waals surface area (Å²) in [7, 11) is 0. The van der Waals surface area contributed by atoms with Crippen molar-refractivity contribution in [1.29, 1.82) is 0 Å². The lowest BCUT2D eigenvalue weighted by Gasteiger charge is -2.12. The molecule has 1 atom stereocenters. The van der Waals surface area contributed by atoms with E-state index in [2.05, 4.69) is 5.32 Å². The Bertz CT molecular complexity index is 571. The van der Waals surface area contributed by atoms with Crippen molar-refractivity contribution in [3.63, 3.8) is 0 Å². The van der Waals surface area contributed by atoms with Crippen LogP contribution in [0.25, 0.3) is 0 Å². The predicted molar refractivity (Wildman–Crippen MR) is 69.9 cm³/mol. The Labute approximate surface area is 109 Å². The van der Waals surface area contributed by atoms with Gasteiger partial charge in [0.05, 0.1) is 5.69 Å². The number of hydrogen-bond donors (Lipinski definition) is 1. The van der Waals surface area contributed by atoms with E-state index in [1.807, 2.05) is 36.4 Å². The van der Waals surface area contributed by atoms with Crippen LogP contribution in [0.1, 0.15) is 11.8 Å². The van der Waals surface area contributed by atoms with Gasteiger partial charge in [-0.25, -0.2) is 0 Å². The zero-order chi connectivity index (χ0) is 11.8. The van der Waals surface area contributed by atoms with Gasteiger partial charge in [-0.15, -0.1) is 0 Å². The average molecular weight is 266 g/mol. The first-order valence-corrected chi connectivity index (χ1v) is 5.97. The van der Waals surface area contributed by atoms with Crippen LogP contribution in [0.5, 0.6) is 5.75 Å². The summed E-state index contributed by atoms with van der Waals surface area (Å²) in [5.41, 5.74) is 1.81. The van der Waals surface area contributed by atoms with Gasteiger partial charge in [0.1, 0.15) is 5.75 Å². The van der Waals surface area contributed by atoms with E-state index in [1.165, 1.54) is 0 Å². The van der Waals surface area contributed by atoms with E-state index in [-0.39, 0.29) is 6.23 Å². The first kappa shape index (κ1) is 10.8. The molecule has 0 saturated carbocycles. The van der Waals surface area contributed by atoms with E-state index in [1.54, 1.807) is 6.07 Å². The summed E-state index contributed by atoms with van der Waals surface area (Å²) in [4.78, 5) is 0. The van der Waals surface area contributed by atoms with Crippen LogP contribution < -0.4 is 10.1 Å². The van der Waals surface area contributed by atoms with Gasteiger partial charge in [-0.05, 0) is 24.3 Å². The van der Waals surface area contributed by atoms with E-state index in [9.17, 15) is 0 Å². The van der Waals surface area contributed by atoms with Crippen molar-refractivity contribution in [3.8, 4) is 5.75 Å². The molecule has 4 heteroatoms. The summed E-state index contributed by atoms with van der Waals surface area (Å²) >= 11 is 12.1. The Morgan fingerprint density at radius 1 is 1.06 bits per heavy atom. The van der Waals surface area contributed by atoms with Crippen LogP contribution in [0.3, 0.4) is 0 Å². The average Bonchev–Trinajstić information content (AvgIpc) is 2.72. The number of nitrogens with one attached hydrogen (secondary N) is 1. The highest BCUT2D eigenvalue weighted by atomic mass is 35.5. The molecular formula is C13H9Cl2NO. The van der Waals surface area contributed by atoms with E-state index in [4.69, 9.17) is 27.9 Å². The van der Waals surface area contributed by atoms with Crippen molar-refractivity contribution in [2.45, 2.75) is 6.23 Å². The van der Waals surface area contributed by atoms with Crippen molar-refractivity contribution < 1.29 is 4.74 Å². The molecule has 0 amide bonds. The number of ether oxygens (including phenoxy) is 1. The minimum Gasteiger partial charge on any atom is -0.464 e. The molecular weight excluding hydrogens is 257 g/mol. The molecule has 0 bridgehead atoms. The van der Waals surface area contributed by atoms with Crippen LogP contribution in [-0.2, 0) is 0 Å². The molecule has 3 rings (SSSR count). The smallest absolute Gasteiger partial charge is 0.198 e. The lowest BCUT2D eigenvalue weighted by atomic mass is 10.2. The Hall–Kier alpha value is -1.38. The highest BCUT2D eigenvalue weighted by Gasteiger charge is 2.24. The normalized spacial score (nSPS) is 17.2. The topological polar surface area (TPSA) is 21.3 Å². The van der Waals surface area contributed by atoms with Gasteiger partial charge < -0.3 is 10.1 Å². The maximum absolute atomic E-state index is 6.13. The van der Waals surface area contributed by atoms with Crippen LogP contribution >= 0.6 is 23.2 Å². The van der Waals surface area contributed by atoms with Gasteiger partial charge in [0.25, 0.3) is 0 Å². The monoisotopic (exact) mass is 265 g/mol. The van der Waals surface area contributed by atoms with Crippen molar-refractivity contribution >= 4 is 28.9 Å². The molecule has 1 aliphatic heterocycles. The summed E-state index contributed by atoms with van der Waals surface area (Å²) in [5, 5.41) is 4.61.